The second kappa shape index (κ2) is 6.97. The van der Waals surface area contributed by atoms with Gasteiger partial charge < -0.3 is 19.9 Å². The van der Waals surface area contributed by atoms with Crippen LogP contribution in [0.4, 0.5) is 0 Å². The molecule has 0 spiro atoms. The number of carboxylic acid groups (broad SMARTS) is 1. The molecule has 3 aromatic rings. The third-order valence-electron chi connectivity index (χ3n) is 6.47. The fourth-order valence-corrected chi connectivity index (χ4v) is 5.12. The van der Waals surface area contributed by atoms with Crippen LogP contribution in [0.25, 0.3) is 22.2 Å². The van der Waals surface area contributed by atoms with Gasteiger partial charge in [-0.2, -0.15) is 0 Å². The lowest BCUT2D eigenvalue weighted by molar-refractivity contribution is 0.00883. The fourth-order valence-electron chi connectivity index (χ4n) is 5.12. The topological polar surface area (TPSA) is 95.6 Å². The number of hydrogen-bond acceptors (Lipinski definition) is 4. The average Bonchev–Trinajstić information content (AvgIpc) is 3.01. The summed E-state index contributed by atoms with van der Waals surface area (Å²) in [5.41, 5.74) is 4.49. The third kappa shape index (κ3) is 2.86. The molecular formula is C23H24N2O4. The number of aliphatic hydroxyl groups excluding tert-OH is 2. The number of rotatable bonds is 2. The summed E-state index contributed by atoms with van der Waals surface area (Å²) in [7, 11) is 0. The van der Waals surface area contributed by atoms with E-state index in [1.807, 2.05) is 22.8 Å². The molecule has 5 rings (SSSR count). The van der Waals surface area contributed by atoms with Crippen LogP contribution in [0.2, 0.25) is 0 Å². The number of benzene rings is 1. The maximum absolute atomic E-state index is 11.6. The van der Waals surface area contributed by atoms with Crippen molar-refractivity contribution in [3.8, 4) is 11.3 Å². The Morgan fingerprint density at radius 1 is 1.10 bits per heavy atom. The van der Waals surface area contributed by atoms with Crippen LogP contribution < -0.4 is 0 Å². The van der Waals surface area contributed by atoms with Crippen molar-refractivity contribution in [2.45, 2.75) is 56.8 Å². The first kappa shape index (κ1) is 18.3. The molecule has 3 N–H and O–H groups in total. The molecule has 6 nitrogen and oxygen atoms in total. The molecule has 2 atom stereocenters. The summed E-state index contributed by atoms with van der Waals surface area (Å²) in [5.74, 6) is -0.600. The van der Waals surface area contributed by atoms with E-state index in [-0.39, 0.29) is 12.1 Å². The van der Waals surface area contributed by atoms with Gasteiger partial charge in [-0.1, -0.05) is 25.3 Å². The van der Waals surface area contributed by atoms with Crippen molar-refractivity contribution in [1.29, 1.82) is 0 Å². The van der Waals surface area contributed by atoms with E-state index in [0.29, 0.717) is 11.6 Å². The first-order chi connectivity index (χ1) is 14.1. The van der Waals surface area contributed by atoms with Crippen LogP contribution in [0, 0.1) is 0 Å². The summed E-state index contributed by atoms with van der Waals surface area (Å²) >= 11 is 0. The SMILES string of the molecule is O=C(O)c1ccc2c(C3CCCCC3)c3n(c2c1)C[C@H](O)[C@H](O)c1ncccc1-3. The van der Waals surface area contributed by atoms with Crippen molar-refractivity contribution in [3.05, 3.63) is 53.3 Å². The summed E-state index contributed by atoms with van der Waals surface area (Å²) < 4.78 is 1.99. The van der Waals surface area contributed by atoms with Crippen molar-refractivity contribution >= 4 is 16.9 Å². The number of carboxylic acids is 1. The van der Waals surface area contributed by atoms with Crippen LogP contribution in [0.5, 0.6) is 0 Å². The van der Waals surface area contributed by atoms with Gasteiger partial charge in [0.15, 0.2) is 0 Å². The molecule has 0 saturated heterocycles. The summed E-state index contributed by atoms with van der Waals surface area (Å²) in [4.78, 5) is 16.0. The lowest BCUT2D eigenvalue weighted by Crippen LogP contribution is -2.22. The second-order valence-corrected chi connectivity index (χ2v) is 8.19. The monoisotopic (exact) mass is 392 g/mol. The lowest BCUT2D eigenvalue weighted by atomic mass is 9.81. The Hall–Kier alpha value is -2.70. The second-order valence-electron chi connectivity index (χ2n) is 8.19. The minimum atomic E-state index is -1.08. The minimum Gasteiger partial charge on any atom is -0.478 e. The summed E-state index contributed by atoms with van der Waals surface area (Å²) in [6, 6.07) is 9.04. The van der Waals surface area contributed by atoms with Crippen molar-refractivity contribution < 1.29 is 20.1 Å². The smallest absolute Gasteiger partial charge is 0.335 e. The maximum Gasteiger partial charge on any atom is 0.335 e. The molecule has 29 heavy (non-hydrogen) atoms. The van der Waals surface area contributed by atoms with Gasteiger partial charge in [-0.15, -0.1) is 0 Å². The molecule has 1 aromatic carbocycles. The Kier molecular flexibility index (Phi) is 4.41. The van der Waals surface area contributed by atoms with E-state index in [1.165, 1.54) is 24.8 Å². The van der Waals surface area contributed by atoms with E-state index in [0.717, 1.165) is 35.0 Å². The first-order valence-electron chi connectivity index (χ1n) is 10.3. The number of aliphatic hydroxyl groups is 2. The van der Waals surface area contributed by atoms with Crippen molar-refractivity contribution in [2.24, 2.45) is 0 Å². The molecule has 1 aliphatic heterocycles. The van der Waals surface area contributed by atoms with Crippen LogP contribution in [0.15, 0.2) is 36.5 Å². The van der Waals surface area contributed by atoms with E-state index < -0.39 is 18.2 Å². The molecule has 3 heterocycles. The zero-order valence-electron chi connectivity index (χ0n) is 16.1. The van der Waals surface area contributed by atoms with Gasteiger partial charge in [0.2, 0.25) is 0 Å². The molecule has 2 aromatic heterocycles. The number of aromatic carboxylic acids is 1. The standard InChI is InChI=1S/C23H24N2O4/c26-18-12-25-17-11-14(23(28)29)8-9-15(17)19(13-5-2-1-3-6-13)21(25)16-7-4-10-24-20(16)22(18)27/h4,7-11,13,18,22,26-27H,1-3,5-6,12H2,(H,28,29)/t18-,22-/m0/s1. The Labute approximate surface area is 168 Å². The van der Waals surface area contributed by atoms with Crippen molar-refractivity contribution in [1.82, 2.24) is 9.55 Å². The molecule has 2 aliphatic rings. The van der Waals surface area contributed by atoms with Gasteiger partial charge in [-0.05, 0) is 48.6 Å². The van der Waals surface area contributed by atoms with Gasteiger partial charge in [0.25, 0.3) is 0 Å². The van der Waals surface area contributed by atoms with Crippen molar-refractivity contribution in [3.63, 3.8) is 0 Å². The van der Waals surface area contributed by atoms with Crippen molar-refractivity contribution in [2.75, 3.05) is 0 Å². The van der Waals surface area contributed by atoms with E-state index in [1.54, 1.807) is 18.3 Å². The van der Waals surface area contributed by atoms with Crippen LogP contribution in [0.1, 0.15) is 65.7 Å². The number of pyridine rings is 1. The number of carbonyl (C=O) groups is 1. The fraction of sp³-hybridized carbons (Fsp3) is 0.391. The van der Waals surface area contributed by atoms with Crippen LogP contribution >= 0.6 is 0 Å². The summed E-state index contributed by atoms with van der Waals surface area (Å²) in [6.45, 7) is 0.194. The zero-order chi connectivity index (χ0) is 20.1. The molecule has 150 valence electrons. The Morgan fingerprint density at radius 2 is 1.90 bits per heavy atom. The zero-order valence-corrected chi connectivity index (χ0v) is 16.1. The molecule has 0 bridgehead atoms. The highest BCUT2D eigenvalue weighted by atomic mass is 16.4. The third-order valence-corrected chi connectivity index (χ3v) is 6.47. The lowest BCUT2D eigenvalue weighted by Gasteiger charge is -2.23. The van der Waals surface area contributed by atoms with Crippen LogP contribution in [-0.4, -0.2) is 36.9 Å². The molecule has 1 saturated carbocycles. The normalized spacial score (nSPS) is 22.1. The van der Waals surface area contributed by atoms with Gasteiger partial charge in [-0.25, -0.2) is 4.79 Å². The number of aromatic nitrogens is 2. The molecule has 1 aliphatic carbocycles. The highest BCUT2D eigenvalue weighted by molar-refractivity contribution is 5.98. The largest absolute Gasteiger partial charge is 0.478 e. The Balaban J connectivity index is 1.87. The minimum absolute atomic E-state index is 0.194. The van der Waals surface area contributed by atoms with E-state index in [2.05, 4.69) is 4.98 Å². The molecule has 0 radical (unpaired) electrons. The van der Waals surface area contributed by atoms with Gasteiger partial charge in [-0.3, -0.25) is 4.98 Å². The first-order valence-corrected chi connectivity index (χ1v) is 10.3. The molecule has 1 fully saturated rings. The van der Waals surface area contributed by atoms with Crippen LogP contribution in [0.3, 0.4) is 0 Å². The highest BCUT2D eigenvalue weighted by Crippen LogP contribution is 2.47. The predicted octanol–water partition coefficient (Wildman–Crippen LogP) is 3.86. The maximum atomic E-state index is 11.6. The number of fused-ring (bicyclic) bond motifs is 5. The van der Waals surface area contributed by atoms with Gasteiger partial charge in [0, 0.05) is 22.7 Å². The Bertz CT molecular complexity index is 1100. The van der Waals surface area contributed by atoms with Gasteiger partial charge >= 0.3 is 5.97 Å². The number of nitrogens with zero attached hydrogens (tertiary/aromatic N) is 2. The summed E-state index contributed by atoms with van der Waals surface area (Å²) in [5, 5.41) is 31.9. The molecule has 0 unspecified atom stereocenters. The van der Waals surface area contributed by atoms with E-state index in [9.17, 15) is 20.1 Å². The number of hydrogen-bond donors (Lipinski definition) is 3. The van der Waals surface area contributed by atoms with E-state index >= 15 is 0 Å². The molecule has 6 heteroatoms. The quantitative estimate of drug-likeness (QED) is 0.616. The average molecular weight is 392 g/mol. The van der Waals surface area contributed by atoms with E-state index in [4.69, 9.17) is 0 Å². The van der Waals surface area contributed by atoms with Gasteiger partial charge in [0.1, 0.15) is 12.2 Å². The predicted molar refractivity (Wildman–Crippen MR) is 109 cm³/mol. The summed E-state index contributed by atoms with van der Waals surface area (Å²) in [6.07, 6.45) is 5.31. The Morgan fingerprint density at radius 3 is 2.66 bits per heavy atom. The molecule has 0 amide bonds. The molecular weight excluding hydrogens is 368 g/mol. The van der Waals surface area contributed by atoms with Gasteiger partial charge in [0.05, 0.1) is 23.5 Å². The van der Waals surface area contributed by atoms with Crippen LogP contribution in [-0.2, 0) is 6.54 Å². The highest BCUT2D eigenvalue weighted by Gasteiger charge is 2.34.